The van der Waals surface area contributed by atoms with E-state index in [0.717, 1.165) is 0 Å². The Morgan fingerprint density at radius 3 is 2.67 bits per heavy atom. The fourth-order valence-corrected chi connectivity index (χ4v) is 2.70. The molecule has 0 bridgehead atoms. The third-order valence-electron chi connectivity index (χ3n) is 3.40. The van der Waals surface area contributed by atoms with Gasteiger partial charge in [-0.2, -0.15) is 5.10 Å². The first kappa shape index (κ1) is 20.7. The number of rotatable bonds is 7. The van der Waals surface area contributed by atoms with Crippen LogP contribution in [0.15, 0.2) is 46.0 Å². The second-order valence-corrected chi connectivity index (χ2v) is 6.64. The van der Waals surface area contributed by atoms with E-state index in [4.69, 9.17) is 16.3 Å². The lowest BCUT2D eigenvalue weighted by molar-refractivity contribution is -0.124. The van der Waals surface area contributed by atoms with Gasteiger partial charge < -0.3 is 15.2 Å². The van der Waals surface area contributed by atoms with Gasteiger partial charge in [0.2, 0.25) is 11.8 Å². The highest BCUT2D eigenvalue weighted by Crippen LogP contribution is 2.34. The van der Waals surface area contributed by atoms with Crippen molar-refractivity contribution in [3.63, 3.8) is 0 Å². The average molecular weight is 455 g/mol. The number of phenols is 1. The van der Waals surface area contributed by atoms with Gasteiger partial charge in [-0.05, 0) is 45.8 Å². The van der Waals surface area contributed by atoms with Crippen molar-refractivity contribution in [3.8, 4) is 11.5 Å². The summed E-state index contributed by atoms with van der Waals surface area (Å²) >= 11 is 9.16. The summed E-state index contributed by atoms with van der Waals surface area (Å²) in [6, 6.07) is 10.0. The second-order valence-electron chi connectivity index (χ2n) is 5.37. The van der Waals surface area contributed by atoms with E-state index in [9.17, 15) is 14.7 Å². The van der Waals surface area contributed by atoms with Gasteiger partial charge >= 0.3 is 0 Å². The molecule has 9 heteroatoms. The maximum absolute atomic E-state index is 11.9. The largest absolute Gasteiger partial charge is 0.503 e. The number of hydrogen-bond donors (Lipinski definition) is 3. The fourth-order valence-electron chi connectivity index (χ4n) is 2.06. The second kappa shape index (κ2) is 9.94. The lowest BCUT2D eigenvalue weighted by Crippen LogP contribution is -2.20. The van der Waals surface area contributed by atoms with Crippen LogP contribution in [0.2, 0.25) is 5.02 Å². The molecule has 2 aromatic rings. The molecule has 2 aromatic carbocycles. The Bertz CT molecular complexity index is 874. The van der Waals surface area contributed by atoms with Gasteiger partial charge in [0.15, 0.2) is 11.5 Å². The molecule has 0 spiro atoms. The summed E-state index contributed by atoms with van der Waals surface area (Å²) in [4.78, 5) is 23.7. The number of anilines is 1. The van der Waals surface area contributed by atoms with Crippen LogP contribution >= 0.6 is 27.5 Å². The van der Waals surface area contributed by atoms with E-state index in [-0.39, 0.29) is 30.2 Å². The summed E-state index contributed by atoms with van der Waals surface area (Å²) in [5, 5.41) is 16.6. The molecule has 0 saturated heterocycles. The van der Waals surface area contributed by atoms with Crippen LogP contribution in [0.25, 0.3) is 0 Å². The number of nitrogens with zero attached hydrogens (tertiary/aromatic N) is 1. The number of benzene rings is 2. The molecule has 2 rings (SSSR count). The molecule has 0 aliphatic rings. The molecule has 0 radical (unpaired) electrons. The lowest BCUT2D eigenvalue weighted by Gasteiger charge is -2.07. The lowest BCUT2D eigenvalue weighted by atomic mass is 10.2. The van der Waals surface area contributed by atoms with E-state index in [1.165, 1.54) is 13.3 Å². The van der Waals surface area contributed by atoms with Gasteiger partial charge in [0.25, 0.3) is 0 Å². The molecule has 0 atom stereocenters. The van der Waals surface area contributed by atoms with Crippen LogP contribution in [0.3, 0.4) is 0 Å². The number of ether oxygens (including phenoxy) is 1. The van der Waals surface area contributed by atoms with Gasteiger partial charge in [0.1, 0.15) is 0 Å². The third kappa shape index (κ3) is 6.26. The van der Waals surface area contributed by atoms with Gasteiger partial charge in [-0.25, -0.2) is 5.43 Å². The first-order chi connectivity index (χ1) is 12.9. The highest BCUT2D eigenvalue weighted by molar-refractivity contribution is 9.10. The van der Waals surface area contributed by atoms with Crippen molar-refractivity contribution >= 4 is 51.2 Å². The number of aromatic hydroxyl groups is 1. The number of carbonyl (C=O) groups is 2. The maximum Gasteiger partial charge on any atom is 0.240 e. The number of hydrogen-bond acceptors (Lipinski definition) is 5. The number of nitrogens with one attached hydrogen (secondary N) is 2. The summed E-state index contributed by atoms with van der Waals surface area (Å²) in [5.41, 5.74) is 3.44. The molecule has 0 saturated carbocycles. The van der Waals surface area contributed by atoms with Crippen molar-refractivity contribution in [1.82, 2.24) is 5.43 Å². The molecule has 0 fully saturated rings. The van der Waals surface area contributed by atoms with Gasteiger partial charge in [0.05, 0.1) is 28.5 Å². The van der Waals surface area contributed by atoms with E-state index < -0.39 is 5.91 Å². The van der Waals surface area contributed by atoms with Crippen molar-refractivity contribution in [3.05, 3.63) is 51.5 Å². The number of carbonyl (C=O) groups excluding carboxylic acids is 2. The van der Waals surface area contributed by atoms with Crippen LogP contribution in [0.1, 0.15) is 18.4 Å². The minimum atomic E-state index is -0.412. The van der Waals surface area contributed by atoms with Crippen LogP contribution in [0.5, 0.6) is 11.5 Å². The van der Waals surface area contributed by atoms with Crippen LogP contribution in [-0.2, 0) is 9.59 Å². The van der Waals surface area contributed by atoms with Crippen molar-refractivity contribution in [2.75, 3.05) is 12.4 Å². The van der Waals surface area contributed by atoms with Gasteiger partial charge in [0, 0.05) is 12.8 Å². The van der Waals surface area contributed by atoms with Crippen LogP contribution < -0.4 is 15.5 Å². The molecule has 2 amide bonds. The fraction of sp³-hybridized carbons (Fsp3) is 0.167. The Balaban J connectivity index is 1.82. The molecule has 142 valence electrons. The summed E-state index contributed by atoms with van der Waals surface area (Å²) in [6.07, 6.45) is 1.36. The zero-order valence-electron chi connectivity index (χ0n) is 14.3. The Labute approximate surface area is 169 Å². The normalized spacial score (nSPS) is 10.6. The summed E-state index contributed by atoms with van der Waals surface area (Å²) < 4.78 is 5.47. The minimum Gasteiger partial charge on any atom is -0.503 e. The highest BCUT2D eigenvalue weighted by Gasteiger charge is 2.09. The van der Waals surface area contributed by atoms with Crippen molar-refractivity contribution in [2.45, 2.75) is 12.8 Å². The summed E-state index contributed by atoms with van der Waals surface area (Å²) in [6.45, 7) is 0. The van der Waals surface area contributed by atoms with Gasteiger partial charge in [-0.3, -0.25) is 9.59 Å². The summed E-state index contributed by atoms with van der Waals surface area (Å²) in [5.74, 6) is -0.489. The number of phenolic OH excluding ortho intramolecular Hbond substituents is 1. The van der Waals surface area contributed by atoms with E-state index >= 15 is 0 Å². The first-order valence-corrected chi connectivity index (χ1v) is 9.00. The molecular formula is C18H17BrClN3O4. The van der Waals surface area contributed by atoms with E-state index in [1.54, 1.807) is 36.4 Å². The molecule has 7 nitrogen and oxygen atoms in total. The van der Waals surface area contributed by atoms with E-state index in [2.05, 4.69) is 31.8 Å². The smallest absolute Gasteiger partial charge is 0.240 e. The quantitative estimate of drug-likeness (QED) is 0.439. The van der Waals surface area contributed by atoms with Crippen LogP contribution in [0.4, 0.5) is 5.69 Å². The van der Waals surface area contributed by atoms with Crippen LogP contribution in [-0.4, -0.2) is 30.2 Å². The Morgan fingerprint density at radius 1 is 1.26 bits per heavy atom. The molecule has 3 N–H and O–H groups in total. The molecule has 0 heterocycles. The maximum atomic E-state index is 11.9. The van der Waals surface area contributed by atoms with E-state index in [0.29, 0.717) is 20.7 Å². The van der Waals surface area contributed by atoms with Crippen molar-refractivity contribution in [2.24, 2.45) is 5.10 Å². The Hall–Kier alpha value is -2.58. The number of hydrazone groups is 1. The first-order valence-electron chi connectivity index (χ1n) is 7.83. The van der Waals surface area contributed by atoms with Gasteiger partial charge in [-0.1, -0.05) is 23.7 Å². The molecule has 0 aliphatic carbocycles. The van der Waals surface area contributed by atoms with Crippen LogP contribution in [0, 0.1) is 0 Å². The molecule has 27 heavy (non-hydrogen) atoms. The number of para-hydroxylation sites is 1. The van der Waals surface area contributed by atoms with E-state index in [1.807, 2.05) is 0 Å². The number of halogens is 2. The van der Waals surface area contributed by atoms with Crippen molar-refractivity contribution in [1.29, 1.82) is 0 Å². The Morgan fingerprint density at radius 2 is 1.96 bits per heavy atom. The SMILES string of the molecule is COc1cc(C=NNC(=O)CCC(=O)Nc2ccccc2Cl)cc(Br)c1O. The van der Waals surface area contributed by atoms with Crippen molar-refractivity contribution < 1.29 is 19.4 Å². The number of amides is 2. The molecule has 0 unspecified atom stereocenters. The highest BCUT2D eigenvalue weighted by atomic mass is 79.9. The Kier molecular flexibility index (Phi) is 7.63. The standard InChI is InChI=1S/C18H17BrClN3O4/c1-27-15-9-11(8-12(19)18(15)26)10-21-23-17(25)7-6-16(24)22-14-5-3-2-4-13(14)20/h2-5,8-10,26H,6-7H2,1H3,(H,22,24)(H,23,25). The zero-order chi connectivity index (χ0) is 19.8. The van der Waals surface area contributed by atoms with Gasteiger partial charge in [-0.15, -0.1) is 0 Å². The predicted molar refractivity (Wildman–Crippen MR) is 107 cm³/mol. The third-order valence-corrected chi connectivity index (χ3v) is 4.33. The topological polar surface area (TPSA) is 100 Å². The monoisotopic (exact) mass is 453 g/mol. The molecule has 0 aromatic heterocycles. The molecular weight excluding hydrogens is 438 g/mol. The predicted octanol–water partition coefficient (Wildman–Crippen LogP) is 3.69. The minimum absolute atomic E-state index is 0.00877. The average Bonchev–Trinajstić information content (AvgIpc) is 2.64. The molecule has 0 aliphatic heterocycles. The zero-order valence-corrected chi connectivity index (χ0v) is 16.7. The summed E-state index contributed by atoms with van der Waals surface area (Å²) in [7, 11) is 1.43. The number of methoxy groups -OCH3 is 1.